The second kappa shape index (κ2) is 9.40. The average molecular weight is 396 g/mol. The molecule has 5 heteroatoms. The third-order valence-electron chi connectivity index (χ3n) is 6.01. The van der Waals surface area contributed by atoms with Crippen molar-refractivity contribution in [3.05, 3.63) is 57.9 Å². The first-order chi connectivity index (χ1) is 13.8. The van der Waals surface area contributed by atoms with Gasteiger partial charge in [-0.15, -0.1) is 0 Å². The van der Waals surface area contributed by atoms with Crippen LogP contribution in [0, 0.1) is 18.8 Å². The number of likely N-dealkylation sites (tertiary alicyclic amines) is 1. The number of carbonyl (C=O) groups excluding carboxylic acids is 1. The SMILES string of the molecule is Cc1cccc(-c2ccc(C(=O)NCC(C(C)C)N3CCC(C)CC3)c(=O)[nH]2)c1. The maximum Gasteiger partial charge on any atom is 0.261 e. The summed E-state index contributed by atoms with van der Waals surface area (Å²) < 4.78 is 0. The minimum atomic E-state index is -0.352. The Morgan fingerprint density at radius 3 is 2.55 bits per heavy atom. The third-order valence-corrected chi connectivity index (χ3v) is 6.01. The van der Waals surface area contributed by atoms with Crippen molar-refractivity contribution in [1.29, 1.82) is 0 Å². The van der Waals surface area contributed by atoms with Crippen LogP contribution in [0.15, 0.2) is 41.2 Å². The van der Waals surface area contributed by atoms with Crippen LogP contribution in [0.2, 0.25) is 0 Å². The molecule has 0 radical (unpaired) electrons. The van der Waals surface area contributed by atoms with Crippen molar-refractivity contribution < 1.29 is 4.79 Å². The van der Waals surface area contributed by atoms with Crippen LogP contribution in [0.3, 0.4) is 0 Å². The zero-order chi connectivity index (χ0) is 21.0. The minimum Gasteiger partial charge on any atom is -0.350 e. The van der Waals surface area contributed by atoms with E-state index in [1.54, 1.807) is 12.1 Å². The van der Waals surface area contributed by atoms with E-state index in [2.05, 4.69) is 36.0 Å². The van der Waals surface area contributed by atoms with Gasteiger partial charge in [-0.25, -0.2) is 0 Å². The van der Waals surface area contributed by atoms with Gasteiger partial charge in [0.1, 0.15) is 5.56 Å². The molecule has 0 aliphatic carbocycles. The summed E-state index contributed by atoms with van der Waals surface area (Å²) in [4.78, 5) is 30.5. The summed E-state index contributed by atoms with van der Waals surface area (Å²) in [7, 11) is 0. The second-order valence-corrected chi connectivity index (χ2v) is 8.72. The van der Waals surface area contributed by atoms with Crippen LogP contribution in [-0.2, 0) is 0 Å². The molecule has 5 nitrogen and oxygen atoms in total. The molecule has 1 saturated heterocycles. The highest BCUT2D eigenvalue weighted by molar-refractivity contribution is 5.94. The Hall–Kier alpha value is -2.40. The minimum absolute atomic E-state index is 0.163. The predicted molar refractivity (Wildman–Crippen MR) is 118 cm³/mol. The molecule has 1 amide bonds. The molecule has 0 bridgehead atoms. The normalized spacial score (nSPS) is 16.7. The van der Waals surface area contributed by atoms with Crippen LogP contribution in [-0.4, -0.2) is 41.5 Å². The van der Waals surface area contributed by atoms with E-state index in [4.69, 9.17) is 0 Å². The number of aryl methyl sites for hydroxylation is 1. The number of nitrogens with zero attached hydrogens (tertiary/aromatic N) is 1. The maximum absolute atomic E-state index is 12.7. The smallest absolute Gasteiger partial charge is 0.261 e. The average Bonchev–Trinajstić information content (AvgIpc) is 2.69. The molecule has 3 rings (SSSR count). The Balaban J connectivity index is 1.67. The second-order valence-electron chi connectivity index (χ2n) is 8.72. The van der Waals surface area contributed by atoms with Gasteiger partial charge in [-0.05, 0) is 68.5 Å². The Morgan fingerprint density at radius 2 is 1.93 bits per heavy atom. The maximum atomic E-state index is 12.7. The molecule has 1 aliphatic heterocycles. The number of benzene rings is 1. The van der Waals surface area contributed by atoms with Crippen molar-refractivity contribution >= 4 is 5.91 Å². The fraction of sp³-hybridized carbons (Fsp3) is 0.500. The van der Waals surface area contributed by atoms with Gasteiger partial charge >= 0.3 is 0 Å². The topological polar surface area (TPSA) is 65.2 Å². The van der Waals surface area contributed by atoms with Crippen molar-refractivity contribution in [3.63, 3.8) is 0 Å². The largest absolute Gasteiger partial charge is 0.350 e. The molecule has 1 atom stereocenters. The third kappa shape index (κ3) is 5.36. The van der Waals surface area contributed by atoms with Crippen LogP contribution in [0.5, 0.6) is 0 Å². The number of carbonyl (C=O) groups is 1. The molecule has 0 spiro atoms. The van der Waals surface area contributed by atoms with Crippen LogP contribution >= 0.6 is 0 Å². The molecule has 2 aromatic rings. The zero-order valence-electron chi connectivity index (χ0n) is 18.0. The van der Waals surface area contributed by atoms with Crippen molar-refractivity contribution in [2.75, 3.05) is 19.6 Å². The summed E-state index contributed by atoms with van der Waals surface area (Å²) in [6.07, 6.45) is 2.41. The number of H-pyrrole nitrogens is 1. The van der Waals surface area contributed by atoms with Crippen LogP contribution in [0.4, 0.5) is 0 Å². The van der Waals surface area contributed by atoms with Gasteiger partial charge in [-0.1, -0.05) is 44.5 Å². The van der Waals surface area contributed by atoms with Crippen molar-refractivity contribution in [3.8, 4) is 11.3 Å². The molecular formula is C24H33N3O2. The predicted octanol–water partition coefficient (Wildman–Crippen LogP) is 3.84. The zero-order valence-corrected chi connectivity index (χ0v) is 18.0. The quantitative estimate of drug-likeness (QED) is 0.781. The lowest BCUT2D eigenvalue weighted by Crippen LogP contribution is -2.50. The molecule has 0 saturated carbocycles. The van der Waals surface area contributed by atoms with E-state index in [1.165, 1.54) is 12.8 Å². The van der Waals surface area contributed by atoms with Gasteiger partial charge in [-0.2, -0.15) is 0 Å². The number of hydrogen-bond acceptors (Lipinski definition) is 3. The molecule has 2 N–H and O–H groups in total. The summed E-state index contributed by atoms with van der Waals surface area (Å²) >= 11 is 0. The summed E-state index contributed by atoms with van der Waals surface area (Å²) in [6.45, 7) is 11.4. The van der Waals surface area contributed by atoms with Crippen LogP contribution in [0.25, 0.3) is 11.3 Å². The van der Waals surface area contributed by atoms with Crippen molar-refractivity contribution in [1.82, 2.24) is 15.2 Å². The fourth-order valence-electron chi connectivity index (χ4n) is 4.07. The van der Waals surface area contributed by atoms with Crippen molar-refractivity contribution in [2.45, 2.75) is 46.6 Å². The van der Waals surface area contributed by atoms with Crippen molar-refractivity contribution in [2.24, 2.45) is 11.8 Å². The van der Waals surface area contributed by atoms with E-state index in [-0.39, 0.29) is 23.1 Å². The molecule has 1 aliphatic rings. The van der Waals surface area contributed by atoms with Gasteiger partial charge in [0.15, 0.2) is 0 Å². The number of nitrogens with one attached hydrogen (secondary N) is 2. The van der Waals surface area contributed by atoms with E-state index in [0.29, 0.717) is 12.5 Å². The van der Waals surface area contributed by atoms with Gasteiger partial charge in [0.25, 0.3) is 11.5 Å². The molecule has 1 aromatic carbocycles. The summed E-state index contributed by atoms with van der Waals surface area (Å²) in [5.74, 6) is 0.905. The molecular weight excluding hydrogens is 362 g/mol. The molecule has 1 unspecified atom stereocenters. The first-order valence-corrected chi connectivity index (χ1v) is 10.7. The first-order valence-electron chi connectivity index (χ1n) is 10.7. The van der Waals surface area contributed by atoms with Crippen LogP contribution < -0.4 is 10.9 Å². The lowest BCUT2D eigenvalue weighted by atomic mass is 9.94. The van der Waals surface area contributed by atoms with E-state index in [1.807, 2.05) is 31.2 Å². The van der Waals surface area contributed by atoms with Gasteiger partial charge in [0.2, 0.25) is 0 Å². The Morgan fingerprint density at radius 1 is 1.21 bits per heavy atom. The number of aromatic amines is 1. The van der Waals surface area contributed by atoms with Gasteiger partial charge < -0.3 is 10.3 Å². The number of pyridine rings is 1. The Kier molecular flexibility index (Phi) is 6.91. The standard InChI is InChI=1S/C24H33N3O2/c1-16(2)22(27-12-10-17(3)11-13-27)15-25-23(28)20-8-9-21(26-24(20)29)19-7-5-6-18(4)14-19/h5-9,14,16-17,22H,10-13,15H2,1-4H3,(H,25,28)(H,26,29). The lowest BCUT2D eigenvalue weighted by Gasteiger charge is -2.38. The molecule has 29 heavy (non-hydrogen) atoms. The van der Waals surface area contributed by atoms with E-state index in [0.717, 1.165) is 35.8 Å². The highest BCUT2D eigenvalue weighted by atomic mass is 16.2. The molecule has 1 fully saturated rings. The molecule has 156 valence electrons. The monoisotopic (exact) mass is 395 g/mol. The first kappa shape index (κ1) is 21.3. The fourth-order valence-corrected chi connectivity index (χ4v) is 4.07. The number of rotatable bonds is 6. The molecule has 1 aromatic heterocycles. The van der Waals surface area contributed by atoms with Crippen LogP contribution in [0.1, 0.15) is 49.5 Å². The van der Waals surface area contributed by atoms with Gasteiger partial charge in [0.05, 0.1) is 0 Å². The summed E-state index contributed by atoms with van der Waals surface area (Å²) in [6, 6.07) is 11.6. The number of amides is 1. The van der Waals surface area contributed by atoms with E-state index in [9.17, 15) is 9.59 Å². The summed E-state index contributed by atoms with van der Waals surface area (Å²) in [5, 5.41) is 3.00. The number of hydrogen-bond donors (Lipinski definition) is 2. The molecule has 2 heterocycles. The van der Waals surface area contributed by atoms with E-state index >= 15 is 0 Å². The summed E-state index contributed by atoms with van der Waals surface area (Å²) in [5.41, 5.74) is 2.59. The number of piperidine rings is 1. The van der Waals surface area contributed by atoms with E-state index < -0.39 is 0 Å². The lowest BCUT2D eigenvalue weighted by molar-refractivity contribution is 0.0862. The Labute approximate surface area is 173 Å². The highest BCUT2D eigenvalue weighted by Crippen LogP contribution is 2.21. The van der Waals surface area contributed by atoms with Gasteiger partial charge in [-0.3, -0.25) is 14.5 Å². The highest BCUT2D eigenvalue weighted by Gasteiger charge is 2.26. The van der Waals surface area contributed by atoms with Gasteiger partial charge in [0, 0.05) is 18.3 Å². The Bertz CT molecular complexity index is 895. The number of aromatic nitrogens is 1.